The highest BCUT2D eigenvalue weighted by Crippen LogP contribution is 2.39. The molecule has 34 heavy (non-hydrogen) atoms. The largest absolute Gasteiger partial charge is 0.477 e. The summed E-state index contributed by atoms with van der Waals surface area (Å²) in [6.45, 7) is 0. The number of carboxylic acids is 1. The van der Waals surface area contributed by atoms with Gasteiger partial charge < -0.3 is 10.8 Å². The zero-order valence-corrected chi connectivity index (χ0v) is 19.0. The van der Waals surface area contributed by atoms with Crippen LogP contribution in [-0.4, -0.2) is 20.6 Å². The van der Waals surface area contributed by atoms with Gasteiger partial charge in [0, 0.05) is 23.2 Å². The average Bonchev–Trinajstić information content (AvgIpc) is 3.20. The van der Waals surface area contributed by atoms with Crippen LogP contribution in [0, 0.1) is 17.5 Å². The lowest BCUT2D eigenvalue weighted by molar-refractivity contribution is 0.0695. The highest BCUT2D eigenvalue weighted by molar-refractivity contribution is 7.15. The standard InChI is InChI=1S/C23H16F3N3O3S.ClH/c24-10-4-5-17(14(25)6-10)29-9-13(23(31)32)21(30)12-7-15(26)20(28-22(12)29)19-8-11-16(27)2-1-3-18(11)33-19;/h4-9,16H,1-3,27H2,(H,31,32);1H. The average molecular weight is 508 g/mol. The molecule has 0 fully saturated rings. The van der Waals surface area contributed by atoms with Crippen molar-refractivity contribution >= 4 is 40.7 Å². The number of nitrogens with two attached hydrogens (primary N) is 1. The van der Waals surface area contributed by atoms with Gasteiger partial charge in [-0.15, -0.1) is 23.7 Å². The Morgan fingerprint density at radius 2 is 1.94 bits per heavy atom. The van der Waals surface area contributed by atoms with Crippen LogP contribution < -0.4 is 11.2 Å². The first kappa shape index (κ1) is 23.9. The number of carboxylic acid groups (broad SMARTS) is 1. The molecule has 0 aliphatic heterocycles. The number of thiophene rings is 1. The molecular formula is C23H17ClF3N3O3S. The fourth-order valence-electron chi connectivity index (χ4n) is 4.12. The van der Waals surface area contributed by atoms with Gasteiger partial charge in [-0.05, 0) is 49.1 Å². The number of carbonyl (C=O) groups is 1. The van der Waals surface area contributed by atoms with Crippen LogP contribution in [0.4, 0.5) is 13.2 Å². The molecule has 1 unspecified atom stereocenters. The van der Waals surface area contributed by atoms with Crippen LogP contribution >= 0.6 is 23.7 Å². The lowest BCUT2D eigenvalue weighted by Gasteiger charge is -2.17. The van der Waals surface area contributed by atoms with Crippen molar-refractivity contribution < 1.29 is 23.1 Å². The Hall–Kier alpha value is -3.21. The van der Waals surface area contributed by atoms with Crippen LogP contribution in [0.3, 0.4) is 0 Å². The number of fused-ring (bicyclic) bond motifs is 2. The van der Waals surface area contributed by atoms with Gasteiger partial charge >= 0.3 is 5.97 Å². The molecule has 176 valence electrons. The minimum absolute atomic E-state index is 0. The van der Waals surface area contributed by atoms with E-state index in [0.29, 0.717) is 10.9 Å². The van der Waals surface area contributed by atoms with Crippen molar-refractivity contribution in [2.24, 2.45) is 5.73 Å². The molecule has 1 atom stereocenters. The summed E-state index contributed by atoms with van der Waals surface area (Å²) < 4.78 is 44.2. The minimum Gasteiger partial charge on any atom is -0.477 e. The predicted octanol–water partition coefficient (Wildman–Crippen LogP) is 4.99. The first-order chi connectivity index (χ1) is 15.7. The normalized spacial score (nSPS) is 15.1. The number of rotatable bonds is 3. The predicted molar refractivity (Wildman–Crippen MR) is 125 cm³/mol. The maximum absolute atomic E-state index is 15.1. The number of aromatic carboxylic acids is 1. The van der Waals surface area contributed by atoms with Crippen molar-refractivity contribution in [3.8, 4) is 16.3 Å². The van der Waals surface area contributed by atoms with Gasteiger partial charge in [0.25, 0.3) is 0 Å². The molecule has 0 saturated carbocycles. The zero-order chi connectivity index (χ0) is 23.4. The second kappa shape index (κ2) is 8.86. The van der Waals surface area contributed by atoms with Crippen molar-refractivity contribution in [3.63, 3.8) is 0 Å². The van der Waals surface area contributed by atoms with Gasteiger partial charge in [-0.1, -0.05) is 0 Å². The number of aromatic nitrogens is 2. The first-order valence-corrected chi connectivity index (χ1v) is 10.9. The Morgan fingerprint density at radius 1 is 1.18 bits per heavy atom. The number of halogens is 4. The number of benzene rings is 1. The Bertz CT molecular complexity index is 1520. The van der Waals surface area contributed by atoms with Crippen molar-refractivity contribution in [2.45, 2.75) is 25.3 Å². The molecule has 3 N–H and O–H groups in total. The molecule has 5 rings (SSSR count). The molecule has 3 aromatic heterocycles. The molecule has 0 bridgehead atoms. The summed E-state index contributed by atoms with van der Waals surface area (Å²) in [5.41, 5.74) is 5.00. The van der Waals surface area contributed by atoms with E-state index in [1.807, 2.05) is 0 Å². The van der Waals surface area contributed by atoms with Crippen LogP contribution in [0.1, 0.15) is 39.7 Å². The second-order valence-corrected chi connectivity index (χ2v) is 8.96. The lowest BCUT2D eigenvalue weighted by Crippen LogP contribution is -2.20. The van der Waals surface area contributed by atoms with Crippen LogP contribution in [-0.2, 0) is 6.42 Å². The van der Waals surface area contributed by atoms with E-state index in [0.717, 1.165) is 58.7 Å². The Kier molecular flexibility index (Phi) is 6.24. The highest BCUT2D eigenvalue weighted by Gasteiger charge is 2.24. The summed E-state index contributed by atoms with van der Waals surface area (Å²) in [4.78, 5) is 30.2. The van der Waals surface area contributed by atoms with E-state index in [9.17, 15) is 23.5 Å². The van der Waals surface area contributed by atoms with Crippen LogP contribution in [0.25, 0.3) is 27.3 Å². The molecule has 11 heteroatoms. The number of aryl methyl sites for hydroxylation is 1. The molecule has 1 aliphatic carbocycles. The van der Waals surface area contributed by atoms with E-state index in [1.54, 1.807) is 6.07 Å². The third kappa shape index (κ3) is 3.87. The van der Waals surface area contributed by atoms with Gasteiger partial charge in [0.15, 0.2) is 5.82 Å². The third-order valence-electron chi connectivity index (χ3n) is 5.72. The summed E-state index contributed by atoms with van der Waals surface area (Å²) >= 11 is 1.35. The van der Waals surface area contributed by atoms with Crippen molar-refractivity contribution in [1.29, 1.82) is 0 Å². The molecule has 0 radical (unpaired) electrons. The molecular weight excluding hydrogens is 491 g/mol. The molecule has 1 aliphatic rings. The Labute approximate surface area is 200 Å². The summed E-state index contributed by atoms with van der Waals surface area (Å²) in [5, 5.41) is 9.10. The lowest BCUT2D eigenvalue weighted by atomic mass is 9.94. The van der Waals surface area contributed by atoms with Gasteiger partial charge in [0.05, 0.1) is 16.0 Å². The quantitative estimate of drug-likeness (QED) is 0.407. The summed E-state index contributed by atoms with van der Waals surface area (Å²) in [6.07, 6.45) is 3.46. The fourth-order valence-corrected chi connectivity index (χ4v) is 5.38. The van der Waals surface area contributed by atoms with E-state index in [1.165, 1.54) is 11.3 Å². The molecule has 0 saturated heterocycles. The first-order valence-electron chi connectivity index (χ1n) is 10.1. The van der Waals surface area contributed by atoms with E-state index in [-0.39, 0.29) is 40.9 Å². The number of nitrogens with zero attached hydrogens (tertiary/aromatic N) is 2. The number of pyridine rings is 2. The van der Waals surface area contributed by atoms with Gasteiger partial charge in [0.2, 0.25) is 5.43 Å². The molecule has 0 amide bonds. The number of hydrogen-bond acceptors (Lipinski definition) is 5. The van der Waals surface area contributed by atoms with Crippen LogP contribution in [0.2, 0.25) is 0 Å². The third-order valence-corrected chi connectivity index (χ3v) is 6.94. The van der Waals surface area contributed by atoms with Crippen LogP contribution in [0.15, 0.2) is 41.3 Å². The maximum atomic E-state index is 15.1. The van der Waals surface area contributed by atoms with Gasteiger partial charge in [-0.25, -0.2) is 22.9 Å². The molecule has 4 aromatic rings. The number of hydrogen-bond donors (Lipinski definition) is 2. The van der Waals surface area contributed by atoms with E-state index in [4.69, 9.17) is 5.73 Å². The van der Waals surface area contributed by atoms with Gasteiger partial charge in [-0.3, -0.25) is 9.36 Å². The Morgan fingerprint density at radius 3 is 2.62 bits per heavy atom. The van der Waals surface area contributed by atoms with Gasteiger partial charge in [0.1, 0.15) is 28.5 Å². The van der Waals surface area contributed by atoms with Crippen LogP contribution in [0.5, 0.6) is 0 Å². The Balaban J connectivity index is 0.00000274. The molecule has 1 aromatic carbocycles. The minimum atomic E-state index is -1.57. The van der Waals surface area contributed by atoms with E-state index >= 15 is 4.39 Å². The second-order valence-electron chi connectivity index (χ2n) is 7.82. The highest BCUT2D eigenvalue weighted by atomic mass is 35.5. The summed E-state index contributed by atoms with van der Waals surface area (Å²) in [7, 11) is 0. The van der Waals surface area contributed by atoms with Crippen molar-refractivity contribution in [2.75, 3.05) is 0 Å². The van der Waals surface area contributed by atoms with E-state index in [2.05, 4.69) is 4.98 Å². The smallest absolute Gasteiger partial charge is 0.341 e. The monoisotopic (exact) mass is 507 g/mol. The maximum Gasteiger partial charge on any atom is 0.341 e. The van der Waals surface area contributed by atoms with E-state index < -0.39 is 34.4 Å². The SMILES string of the molecule is Cl.NC1CCCc2sc(-c3nc4c(cc3F)c(=O)c(C(=O)O)cn4-c3ccc(F)cc3F)cc21. The van der Waals surface area contributed by atoms with Crippen molar-refractivity contribution in [1.82, 2.24) is 9.55 Å². The fraction of sp³-hybridized carbons (Fsp3) is 0.174. The zero-order valence-electron chi connectivity index (χ0n) is 17.3. The van der Waals surface area contributed by atoms with Crippen molar-refractivity contribution in [3.05, 3.63) is 80.2 Å². The molecule has 3 heterocycles. The summed E-state index contributed by atoms with van der Waals surface area (Å²) in [5.74, 6) is -4.22. The molecule has 6 nitrogen and oxygen atoms in total. The summed E-state index contributed by atoms with van der Waals surface area (Å²) in [6, 6.07) is 5.22. The van der Waals surface area contributed by atoms with Gasteiger partial charge in [-0.2, -0.15) is 0 Å². The molecule has 0 spiro atoms. The topological polar surface area (TPSA) is 98.2 Å².